The summed E-state index contributed by atoms with van der Waals surface area (Å²) in [4.78, 5) is 0. The number of hydrogen-bond donors (Lipinski definition) is 0. The second-order valence-electron chi connectivity index (χ2n) is 4.14. The molecule has 0 nitrogen and oxygen atoms in total. The molecule has 0 aromatic heterocycles. The van der Waals surface area contributed by atoms with Gasteiger partial charge in [-0.1, -0.05) is 50.1 Å². The molecule has 0 atom stereocenters. The lowest BCUT2D eigenvalue weighted by atomic mass is 9.92. The SMILES string of the molecule is C#CC1(C(=CC(=C)C=CCC)CC)CC1. The average molecular weight is 200 g/mol. The molecule has 0 heteroatoms. The summed E-state index contributed by atoms with van der Waals surface area (Å²) < 4.78 is 0. The molecular weight excluding hydrogens is 180 g/mol. The topological polar surface area (TPSA) is 0 Å². The Balaban J connectivity index is 2.75. The number of terminal acetylenes is 1. The van der Waals surface area contributed by atoms with Crippen molar-refractivity contribution in [1.82, 2.24) is 0 Å². The van der Waals surface area contributed by atoms with Crippen LogP contribution in [0.2, 0.25) is 0 Å². The van der Waals surface area contributed by atoms with Gasteiger partial charge in [0.25, 0.3) is 0 Å². The van der Waals surface area contributed by atoms with Crippen LogP contribution in [0.15, 0.2) is 36.0 Å². The van der Waals surface area contributed by atoms with E-state index in [2.05, 4.69) is 44.6 Å². The first-order valence-corrected chi connectivity index (χ1v) is 5.72. The molecule has 1 aliphatic rings. The zero-order chi connectivity index (χ0) is 11.3. The summed E-state index contributed by atoms with van der Waals surface area (Å²) in [5.74, 6) is 2.93. The van der Waals surface area contributed by atoms with E-state index in [0.29, 0.717) is 0 Å². The van der Waals surface area contributed by atoms with E-state index in [1.807, 2.05) is 0 Å². The van der Waals surface area contributed by atoms with Crippen molar-refractivity contribution in [2.75, 3.05) is 0 Å². The molecule has 1 rings (SSSR count). The van der Waals surface area contributed by atoms with Gasteiger partial charge in [-0.15, -0.1) is 6.42 Å². The van der Waals surface area contributed by atoms with Crippen LogP contribution in [0.25, 0.3) is 0 Å². The first kappa shape index (κ1) is 11.9. The third-order valence-electron chi connectivity index (χ3n) is 2.95. The normalized spacial score (nSPS) is 18.9. The smallest absolute Gasteiger partial charge is 0.0524 e. The summed E-state index contributed by atoms with van der Waals surface area (Å²) in [7, 11) is 0. The van der Waals surface area contributed by atoms with Crippen LogP contribution in [-0.4, -0.2) is 0 Å². The molecule has 0 amide bonds. The van der Waals surface area contributed by atoms with E-state index < -0.39 is 0 Å². The molecular formula is C15H20. The Hall–Kier alpha value is -1.22. The zero-order valence-corrected chi connectivity index (χ0v) is 9.84. The van der Waals surface area contributed by atoms with Gasteiger partial charge in [-0.2, -0.15) is 0 Å². The molecule has 0 bridgehead atoms. The Bertz CT molecular complexity index is 330. The van der Waals surface area contributed by atoms with Crippen molar-refractivity contribution in [2.45, 2.75) is 39.5 Å². The first-order valence-electron chi connectivity index (χ1n) is 5.72. The van der Waals surface area contributed by atoms with Crippen molar-refractivity contribution in [1.29, 1.82) is 0 Å². The van der Waals surface area contributed by atoms with E-state index in [1.54, 1.807) is 0 Å². The van der Waals surface area contributed by atoms with Gasteiger partial charge in [-0.25, -0.2) is 0 Å². The molecule has 0 saturated heterocycles. The highest BCUT2D eigenvalue weighted by Gasteiger charge is 2.43. The van der Waals surface area contributed by atoms with Gasteiger partial charge in [-0.3, -0.25) is 0 Å². The summed E-state index contributed by atoms with van der Waals surface area (Å²) in [6.45, 7) is 8.31. The van der Waals surface area contributed by atoms with Gasteiger partial charge in [0, 0.05) is 0 Å². The van der Waals surface area contributed by atoms with Crippen LogP contribution in [0.4, 0.5) is 0 Å². The molecule has 1 aliphatic carbocycles. The second-order valence-corrected chi connectivity index (χ2v) is 4.14. The highest BCUT2D eigenvalue weighted by Crippen LogP contribution is 2.52. The Morgan fingerprint density at radius 1 is 1.47 bits per heavy atom. The van der Waals surface area contributed by atoms with Crippen molar-refractivity contribution in [3.05, 3.63) is 36.0 Å². The molecule has 0 unspecified atom stereocenters. The molecule has 1 saturated carbocycles. The predicted molar refractivity (Wildman–Crippen MR) is 67.4 cm³/mol. The fourth-order valence-corrected chi connectivity index (χ4v) is 1.80. The monoisotopic (exact) mass is 200 g/mol. The Morgan fingerprint density at radius 2 is 2.13 bits per heavy atom. The van der Waals surface area contributed by atoms with E-state index in [1.165, 1.54) is 5.57 Å². The Labute approximate surface area is 93.8 Å². The molecule has 15 heavy (non-hydrogen) atoms. The van der Waals surface area contributed by atoms with E-state index >= 15 is 0 Å². The quantitative estimate of drug-likeness (QED) is 0.459. The summed E-state index contributed by atoms with van der Waals surface area (Å²) in [6, 6.07) is 0. The van der Waals surface area contributed by atoms with Crippen molar-refractivity contribution in [3.63, 3.8) is 0 Å². The molecule has 0 N–H and O–H groups in total. The van der Waals surface area contributed by atoms with Crippen LogP contribution in [0.1, 0.15) is 39.5 Å². The molecule has 0 spiro atoms. The van der Waals surface area contributed by atoms with Gasteiger partial charge < -0.3 is 0 Å². The van der Waals surface area contributed by atoms with E-state index in [-0.39, 0.29) is 5.41 Å². The molecule has 0 heterocycles. The van der Waals surface area contributed by atoms with Gasteiger partial charge in [0.1, 0.15) is 0 Å². The first-order chi connectivity index (χ1) is 7.18. The molecule has 0 radical (unpaired) electrons. The zero-order valence-electron chi connectivity index (χ0n) is 9.84. The van der Waals surface area contributed by atoms with Crippen molar-refractivity contribution >= 4 is 0 Å². The minimum atomic E-state index is 0.0811. The highest BCUT2D eigenvalue weighted by atomic mass is 14.4. The Morgan fingerprint density at radius 3 is 2.53 bits per heavy atom. The number of rotatable bonds is 5. The minimum absolute atomic E-state index is 0.0811. The summed E-state index contributed by atoms with van der Waals surface area (Å²) in [5, 5.41) is 0. The van der Waals surface area contributed by atoms with Crippen molar-refractivity contribution in [3.8, 4) is 12.3 Å². The summed E-state index contributed by atoms with van der Waals surface area (Å²) in [5.41, 5.74) is 2.52. The van der Waals surface area contributed by atoms with Crippen molar-refractivity contribution in [2.24, 2.45) is 5.41 Å². The number of hydrogen-bond acceptors (Lipinski definition) is 0. The van der Waals surface area contributed by atoms with Gasteiger partial charge >= 0.3 is 0 Å². The van der Waals surface area contributed by atoms with Crippen LogP contribution in [0.3, 0.4) is 0 Å². The lowest BCUT2D eigenvalue weighted by Crippen LogP contribution is -2.00. The maximum absolute atomic E-state index is 5.58. The van der Waals surface area contributed by atoms with Crippen LogP contribution in [0, 0.1) is 17.8 Å². The summed E-state index contributed by atoms with van der Waals surface area (Å²) in [6.07, 6.45) is 16.3. The lowest BCUT2D eigenvalue weighted by Gasteiger charge is -2.11. The molecule has 0 aromatic rings. The van der Waals surface area contributed by atoms with Crippen LogP contribution >= 0.6 is 0 Å². The van der Waals surface area contributed by atoms with Gasteiger partial charge in [-0.05, 0) is 31.3 Å². The number of allylic oxidation sites excluding steroid dienone is 5. The third-order valence-corrected chi connectivity index (χ3v) is 2.95. The maximum atomic E-state index is 5.58. The van der Waals surface area contributed by atoms with Crippen LogP contribution in [0.5, 0.6) is 0 Å². The molecule has 1 fully saturated rings. The second kappa shape index (κ2) is 5.03. The molecule has 80 valence electrons. The fraction of sp³-hybridized carbons (Fsp3) is 0.467. The predicted octanol–water partition coefficient (Wildman–Crippen LogP) is 4.26. The van der Waals surface area contributed by atoms with Crippen LogP contribution in [-0.2, 0) is 0 Å². The van der Waals surface area contributed by atoms with Crippen molar-refractivity contribution < 1.29 is 0 Å². The Kier molecular flexibility index (Phi) is 3.97. The van der Waals surface area contributed by atoms with Gasteiger partial charge in [0.05, 0.1) is 5.41 Å². The maximum Gasteiger partial charge on any atom is 0.0524 e. The molecule has 0 aromatic carbocycles. The average Bonchev–Trinajstić information content (AvgIpc) is 3.03. The van der Waals surface area contributed by atoms with Gasteiger partial charge in [0.2, 0.25) is 0 Å². The molecule has 0 aliphatic heterocycles. The summed E-state index contributed by atoms with van der Waals surface area (Å²) >= 11 is 0. The highest BCUT2D eigenvalue weighted by molar-refractivity contribution is 5.40. The van der Waals surface area contributed by atoms with Crippen LogP contribution < -0.4 is 0 Å². The lowest BCUT2D eigenvalue weighted by molar-refractivity contribution is 0.769. The van der Waals surface area contributed by atoms with E-state index in [9.17, 15) is 0 Å². The van der Waals surface area contributed by atoms with E-state index in [0.717, 1.165) is 31.3 Å². The largest absolute Gasteiger partial charge is 0.119 e. The van der Waals surface area contributed by atoms with E-state index in [4.69, 9.17) is 6.42 Å². The minimum Gasteiger partial charge on any atom is -0.119 e. The van der Waals surface area contributed by atoms with Gasteiger partial charge in [0.15, 0.2) is 0 Å². The third kappa shape index (κ3) is 2.86. The standard InChI is InChI=1S/C15H20/c1-5-8-9-13(4)12-14(6-2)15(7-3)10-11-15/h3,8-9,12H,4-6,10-11H2,1-2H3. The fourth-order valence-electron chi connectivity index (χ4n) is 1.80.